The minimum Gasteiger partial charge on any atom is -0.406 e. The van der Waals surface area contributed by atoms with E-state index in [1.165, 1.54) is 38.5 Å². The second kappa shape index (κ2) is 8.15. The molecule has 0 bridgehead atoms. The summed E-state index contributed by atoms with van der Waals surface area (Å²) in [5, 5.41) is 0. The standard InChI is InChI=1S/C11H21BO2.C3H8/c1-9(2)7-8-12-13-10-5-3-4-6-11(10)14-12;1-3-2/h9-11H,3-8H2,1-2H3;3H2,1-2H3. The van der Waals surface area contributed by atoms with Crippen LogP contribution in [0, 0.1) is 5.92 Å². The summed E-state index contributed by atoms with van der Waals surface area (Å²) in [5.41, 5.74) is 0. The normalized spacial score (nSPS) is 27.7. The predicted octanol–water partition coefficient (Wildman–Crippen LogP) is 4.30. The molecule has 2 unspecified atom stereocenters. The molecular weight excluding hydrogens is 211 g/mol. The molecule has 0 amide bonds. The molecule has 0 N–H and O–H groups in total. The van der Waals surface area contributed by atoms with Gasteiger partial charge in [-0.15, -0.1) is 0 Å². The molecule has 0 spiro atoms. The SMILES string of the molecule is CC(C)CCB1OC2CCCCC2O1.CCC. The molecular formula is C14H29BO2. The third-order valence-corrected chi connectivity index (χ3v) is 3.27. The first-order valence-corrected chi connectivity index (χ1v) is 7.48. The van der Waals surface area contributed by atoms with Crippen LogP contribution in [0.3, 0.4) is 0 Å². The van der Waals surface area contributed by atoms with E-state index >= 15 is 0 Å². The van der Waals surface area contributed by atoms with E-state index < -0.39 is 0 Å². The molecule has 0 aromatic rings. The van der Waals surface area contributed by atoms with E-state index in [2.05, 4.69) is 27.7 Å². The van der Waals surface area contributed by atoms with E-state index in [1.54, 1.807) is 0 Å². The van der Waals surface area contributed by atoms with Gasteiger partial charge in [0.25, 0.3) is 0 Å². The molecule has 17 heavy (non-hydrogen) atoms. The van der Waals surface area contributed by atoms with Gasteiger partial charge >= 0.3 is 7.12 Å². The highest BCUT2D eigenvalue weighted by atomic mass is 16.7. The van der Waals surface area contributed by atoms with Gasteiger partial charge in [0.1, 0.15) is 0 Å². The van der Waals surface area contributed by atoms with Gasteiger partial charge in [0.2, 0.25) is 0 Å². The zero-order valence-corrected chi connectivity index (χ0v) is 12.1. The summed E-state index contributed by atoms with van der Waals surface area (Å²) >= 11 is 0. The summed E-state index contributed by atoms with van der Waals surface area (Å²) in [5.74, 6) is 0.754. The highest BCUT2D eigenvalue weighted by Crippen LogP contribution is 2.31. The van der Waals surface area contributed by atoms with Crippen molar-refractivity contribution >= 4 is 7.12 Å². The maximum Gasteiger partial charge on any atom is 0.457 e. The third kappa shape index (κ3) is 5.43. The Kier molecular flexibility index (Phi) is 7.21. The first kappa shape index (κ1) is 15.0. The lowest BCUT2D eigenvalue weighted by Crippen LogP contribution is -2.25. The van der Waals surface area contributed by atoms with E-state index in [0.29, 0.717) is 12.2 Å². The Balaban J connectivity index is 0.000000437. The van der Waals surface area contributed by atoms with Crippen LogP contribution in [-0.2, 0) is 9.31 Å². The van der Waals surface area contributed by atoms with Gasteiger partial charge in [-0.05, 0) is 25.1 Å². The van der Waals surface area contributed by atoms with Crippen molar-refractivity contribution < 1.29 is 9.31 Å². The van der Waals surface area contributed by atoms with Crippen molar-refractivity contribution in [3.8, 4) is 0 Å². The largest absolute Gasteiger partial charge is 0.457 e. The molecule has 0 aromatic heterocycles. The maximum atomic E-state index is 5.89. The van der Waals surface area contributed by atoms with Crippen molar-refractivity contribution in [2.24, 2.45) is 5.92 Å². The molecule has 2 aliphatic rings. The minimum atomic E-state index is 0.102. The van der Waals surface area contributed by atoms with Crippen LogP contribution in [0.5, 0.6) is 0 Å². The van der Waals surface area contributed by atoms with Crippen molar-refractivity contribution in [2.75, 3.05) is 0 Å². The fourth-order valence-corrected chi connectivity index (χ4v) is 2.40. The minimum absolute atomic E-state index is 0.102. The Morgan fingerprint density at radius 1 is 1.06 bits per heavy atom. The van der Waals surface area contributed by atoms with Crippen LogP contribution in [-0.4, -0.2) is 19.3 Å². The Morgan fingerprint density at radius 3 is 1.94 bits per heavy atom. The number of hydrogen-bond donors (Lipinski definition) is 0. The third-order valence-electron chi connectivity index (χ3n) is 3.27. The number of fused-ring (bicyclic) bond motifs is 1. The van der Waals surface area contributed by atoms with Gasteiger partial charge in [-0.2, -0.15) is 0 Å². The molecule has 0 aromatic carbocycles. The van der Waals surface area contributed by atoms with Gasteiger partial charge in [0, 0.05) is 0 Å². The molecule has 0 radical (unpaired) electrons. The van der Waals surface area contributed by atoms with Gasteiger partial charge in [0.05, 0.1) is 12.2 Å². The molecule has 2 nitrogen and oxygen atoms in total. The van der Waals surface area contributed by atoms with Crippen molar-refractivity contribution in [1.82, 2.24) is 0 Å². The summed E-state index contributed by atoms with van der Waals surface area (Å²) < 4.78 is 11.8. The Labute approximate surface area is 108 Å². The molecule has 2 atom stereocenters. The van der Waals surface area contributed by atoms with Crippen LogP contribution in [0.15, 0.2) is 0 Å². The molecule has 1 saturated heterocycles. The van der Waals surface area contributed by atoms with Gasteiger partial charge in [-0.25, -0.2) is 0 Å². The second-order valence-corrected chi connectivity index (χ2v) is 5.74. The van der Waals surface area contributed by atoms with Gasteiger partial charge < -0.3 is 9.31 Å². The molecule has 1 aliphatic heterocycles. The zero-order valence-electron chi connectivity index (χ0n) is 12.1. The first-order valence-electron chi connectivity index (χ1n) is 7.48. The van der Waals surface area contributed by atoms with Crippen LogP contribution >= 0.6 is 0 Å². The van der Waals surface area contributed by atoms with Crippen molar-refractivity contribution in [1.29, 1.82) is 0 Å². The lowest BCUT2D eigenvalue weighted by Gasteiger charge is -2.22. The smallest absolute Gasteiger partial charge is 0.406 e. The van der Waals surface area contributed by atoms with Crippen LogP contribution in [0.2, 0.25) is 6.32 Å². The summed E-state index contributed by atoms with van der Waals surface area (Å²) in [7, 11) is 0.102. The second-order valence-electron chi connectivity index (χ2n) is 5.74. The van der Waals surface area contributed by atoms with Crippen LogP contribution in [0.4, 0.5) is 0 Å². The number of rotatable bonds is 3. The molecule has 2 rings (SSSR count). The molecule has 2 fully saturated rings. The van der Waals surface area contributed by atoms with E-state index in [-0.39, 0.29) is 7.12 Å². The van der Waals surface area contributed by atoms with Gasteiger partial charge in [0.15, 0.2) is 0 Å². The topological polar surface area (TPSA) is 18.5 Å². The Morgan fingerprint density at radius 2 is 1.53 bits per heavy atom. The highest BCUT2D eigenvalue weighted by Gasteiger charge is 2.39. The lowest BCUT2D eigenvalue weighted by atomic mass is 9.81. The fourth-order valence-electron chi connectivity index (χ4n) is 2.40. The summed E-state index contributed by atoms with van der Waals surface area (Å²) in [6, 6.07) is 0. The van der Waals surface area contributed by atoms with Crippen LogP contribution < -0.4 is 0 Å². The van der Waals surface area contributed by atoms with E-state index in [9.17, 15) is 0 Å². The van der Waals surface area contributed by atoms with Crippen molar-refractivity contribution in [3.63, 3.8) is 0 Å². The fraction of sp³-hybridized carbons (Fsp3) is 1.00. The lowest BCUT2D eigenvalue weighted by molar-refractivity contribution is 0.110. The molecule has 3 heteroatoms. The van der Waals surface area contributed by atoms with E-state index in [0.717, 1.165) is 12.2 Å². The van der Waals surface area contributed by atoms with Crippen molar-refractivity contribution in [2.45, 2.75) is 84.7 Å². The van der Waals surface area contributed by atoms with E-state index in [4.69, 9.17) is 9.31 Å². The summed E-state index contributed by atoms with van der Waals surface area (Å²) in [6.07, 6.45) is 9.44. The van der Waals surface area contributed by atoms with Gasteiger partial charge in [-0.1, -0.05) is 53.4 Å². The van der Waals surface area contributed by atoms with Crippen LogP contribution in [0.1, 0.15) is 66.2 Å². The molecule has 100 valence electrons. The average Bonchev–Trinajstić information content (AvgIpc) is 2.70. The Hall–Kier alpha value is -0.0151. The van der Waals surface area contributed by atoms with E-state index in [1.807, 2.05) is 0 Å². The predicted molar refractivity (Wildman–Crippen MR) is 74.2 cm³/mol. The molecule has 1 heterocycles. The quantitative estimate of drug-likeness (QED) is 0.685. The summed E-state index contributed by atoms with van der Waals surface area (Å²) in [6.45, 7) is 8.75. The van der Waals surface area contributed by atoms with Crippen molar-refractivity contribution in [3.05, 3.63) is 0 Å². The Bertz CT molecular complexity index is 183. The molecule has 1 aliphatic carbocycles. The van der Waals surface area contributed by atoms with Gasteiger partial charge in [-0.3, -0.25) is 0 Å². The van der Waals surface area contributed by atoms with Crippen LogP contribution in [0.25, 0.3) is 0 Å². The monoisotopic (exact) mass is 240 g/mol. The molecule has 1 saturated carbocycles. The zero-order chi connectivity index (χ0) is 12.7. The maximum absolute atomic E-state index is 5.89. The highest BCUT2D eigenvalue weighted by molar-refractivity contribution is 6.45. The summed E-state index contributed by atoms with van der Waals surface area (Å²) in [4.78, 5) is 0. The average molecular weight is 240 g/mol. The number of hydrogen-bond acceptors (Lipinski definition) is 2. The first-order chi connectivity index (χ1) is 8.17.